The van der Waals surface area contributed by atoms with Gasteiger partial charge in [0.05, 0.1) is 17.1 Å². The van der Waals surface area contributed by atoms with Crippen molar-refractivity contribution in [3.8, 4) is 5.88 Å². The summed E-state index contributed by atoms with van der Waals surface area (Å²) < 4.78 is 52.4. The first-order valence-corrected chi connectivity index (χ1v) is 12.3. The molecular weight excluding hydrogens is 467 g/mol. The molecule has 0 N–H and O–H groups in total. The molecule has 0 radical (unpaired) electrons. The Labute approximate surface area is 210 Å². The molecule has 192 valence electrons. The van der Waals surface area contributed by atoms with Crippen LogP contribution in [0.25, 0.3) is 0 Å². The standard InChI is InChI=1S/C27H32BF2NO5/c1-25(2,3)34-24(32)23-16-8-14-10-21(31-12-17(14)22(16)23)33-13-15-9-18(20(30)11-19(15)29)28-35-26(4,5)27(6,7)36-28/h9-12,16,22-23H,8,13H2,1-7H3/t16-,22+,23-/m0/s1. The van der Waals surface area contributed by atoms with Gasteiger partial charge in [-0.3, -0.25) is 4.79 Å². The summed E-state index contributed by atoms with van der Waals surface area (Å²) >= 11 is 0. The number of hydrogen-bond donors (Lipinski definition) is 0. The second-order valence-electron chi connectivity index (χ2n) is 12.0. The second kappa shape index (κ2) is 8.25. The van der Waals surface area contributed by atoms with E-state index < -0.39 is 35.6 Å². The maximum atomic E-state index is 14.6. The summed E-state index contributed by atoms with van der Waals surface area (Å²) in [6.07, 6.45) is 2.48. The number of aromatic nitrogens is 1. The van der Waals surface area contributed by atoms with Crippen LogP contribution in [0.15, 0.2) is 24.4 Å². The van der Waals surface area contributed by atoms with Crippen LogP contribution in [0.1, 0.15) is 71.1 Å². The number of fused-ring (bicyclic) bond motifs is 3. The molecular formula is C27H32BF2NO5. The number of ether oxygens (including phenoxy) is 2. The van der Waals surface area contributed by atoms with E-state index >= 15 is 0 Å². The highest BCUT2D eigenvalue weighted by Gasteiger charge is 2.61. The van der Waals surface area contributed by atoms with Gasteiger partial charge in [-0.05, 0) is 78.0 Å². The summed E-state index contributed by atoms with van der Waals surface area (Å²) in [4.78, 5) is 16.8. The lowest BCUT2D eigenvalue weighted by Crippen LogP contribution is -2.41. The van der Waals surface area contributed by atoms with Crippen molar-refractivity contribution in [2.45, 2.75) is 84.2 Å². The maximum Gasteiger partial charge on any atom is 0.497 e. The number of nitrogens with zero attached hydrogens (tertiary/aromatic N) is 1. The second-order valence-corrected chi connectivity index (χ2v) is 12.0. The summed E-state index contributed by atoms with van der Waals surface area (Å²) in [7, 11) is -0.947. The molecule has 6 nitrogen and oxygen atoms in total. The first-order valence-electron chi connectivity index (χ1n) is 12.3. The van der Waals surface area contributed by atoms with Crippen molar-refractivity contribution >= 4 is 18.6 Å². The summed E-state index contributed by atoms with van der Waals surface area (Å²) in [5.41, 5.74) is 0.621. The number of hydrogen-bond acceptors (Lipinski definition) is 6. The van der Waals surface area contributed by atoms with Crippen LogP contribution in [0.5, 0.6) is 5.88 Å². The number of pyridine rings is 1. The number of halogens is 2. The zero-order valence-electron chi connectivity index (χ0n) is 21.8. The Balaban J connectivity index is 1.27. The van der Waals surface area contributed by atoms with Crippen LogP contribution in [-0.2, 0) is 31.9 Å². The van der Waals surface area contributed by atoms with E-state index in [1.807, 2.05) is 54.5 Å². The van der Waals surface area contributed by atoms with Crippen molar-refractivity contribution < 1.29 is 32.4 Å². The molecule has 1 aromatic carbocycles. The van der Waals surface area contributed by atoms with Crippen LogP contribution in [0.4, 0.5) is 8.78 Å². The fraction of sp³-hybridized carbons (Fsp3) is 0.556. The van der Waals surface area contributed by atoms with Crippen molar-refractivity contribution in [1.82, 2.24) is 4.98 Å². The first kappa shape index (κ1) is 25.1. The van der Waals surface area contributed by atoms with Crippen LogP contribution >= 0.6 is 0 Å². The van der Waals surface area contributed by atoms with E-state index in [9.17, 15) is 13.6 Å². The molecule has 2 fully saturated rings. The maximum absolute atomic E-state index is 14.6. The summed E-state index contributed by atoms with van der Waals surface area (Å²) in [6.45, 7) is 13.0. The quantitative estimate of drug-likeness (QED) is 0.447. The number of benzene rings is 1. The van der Waals surface area contributed by atoms with Crippen LogP contribution < -0.4 is 10.2 Å². The lowest BCUT2D eigenvalue weighted by Gasteiger charge is -2.32. The van der Waals surface area contributed by atoms with Crippen molar-refractivity contribution in [1.29, 1.82) is 0 Å². The molecule has 3 aliphatic rings. The molecule has 0 bridgehead atoms. The molecule has 1 aromatic heterocycles. The molecule has 2 heterocycles. The Hall–Kier alpha value is -2.52. The van der Waals surface area contributed by atoms with Crippen molar-refractivity contribution in [3.63, 3.8) is 0 Å². The van der Waals surface area contributed by atoms with Crippen molar-refractivity contribution in [2.75, 3.05) is 0 Å². The Bertz CT molecular complexity index is 1210. The van der Waals surface area contributed by atoms with E-state index in [4.69, 9.17) is 18.8 Å². The highest BCUT2D eigenvalue weighted by Crippen LogP contribution is 2.62. The van der Waals surface area contributed by atoms with Gasteiger partial charge in [0.25, 0.3) is 0 Å². The van der Waals surface area contributed by atoms with Crippen LogP contribution in [0, 0.1) is 23.5 Å². The summed E-state index contributed by atoms with van der Waals surface area (Å²) in [6, 6.07) is 4.06. The Morgan fingerprint density at radius 1 is 1.11 bits per heavy atom. The molecule has 0 unspecified atom stereocenters. The van der Waals surface area contributed by atoms with E-state index in [-0.39, 0.29) is 41.4 Å². The van der Waals surface area contributed by atoms with Gasteiger partial charge in [-0.15, -0.1) is 0 Å². The number of rotatable bonds is 5. The fourth-order valence-corrected chi connectivity index (χ4v) is 5.06. The van der Waals surface area contributed by atoms with Gasteiger partial charge in [0.1, 0.15) is 23.8 Å². The fourth-order valence-electron chi connectivity index (χ4n) is 5.06. The zero-order valence-corrected chi connectivity index (χ0v) is 21.8. The van der Waals surface area contributed by atoms with Gasteiger partial charge < -0.3 is 18.8 Å². The minimum absolute atomic E-state index is 0.119. The van der Waals surface area contributed by atoms with Crippen molar-refractivity contribution in [2.24, 2.45) is 11.8 Å². The molecule has 1 aliphatic heterocycles. The van der Waals surface area contributed by atoms with Crippen LogP contribution in [0.2, 0.25) is 0 Å². The number of esters is 1. The number of carbonyl (C=O) groups is 1. The van der Waals surface area contributed by atoms with Crippen LogP contribution in [-0.4, -0.2) is 34.9 Å². The van der Waals surface area contributed by atoms with E-state index in [2.05, 4.69) is 4.98 Å². The smallest absolute Gasteiger partial charge is 0.473 e. The molecule has 1 saturated carbocycles. The predicted molar refractivity (Wildman–Crippen MR) is 130 cm³/mol. The van der Waals surface area contributed by atoms with Gasteiger partial charge in [-0.2, -0.15) is 0 Å². The van der Waals surface area contributed by atoms with E-state index in [0.29, 0.717) is 5.88 Å². The van der Waals surface area contributed by atoms with Crippen molar-refractivity contribution in [3.05, 3.63) is 52.7 Å². The van der Waals surface area contributed by atoms with E-state index in [1.54, 1.807) is 6.20 Å². The topological polar surface area (TPSA) is 66.9 Å². The molecule has 1 saturated heterocycles. The van der Waals surface area contributed by atoms with E-state index in [1.165, 1.54) is 6.07 Å². The average molecular weight is 499 g/mol. The third-order valence-electron chi connectivity index (χ3n) is 7.71. The lowest BCUT2D eigenvalue weighted by atomic mass is 9.78. The summed E-state index contributed by atoms with van der Waals surface area (Å²) in [5, 5.41) is 0. The van der Waals surface area contributed by atoms with Gasteiger partial charge in [-0.25, -0.2) is 13.8 Å². The molecule has 2 aromatic rings. The average Bonchev–Trinajstić information content (AvgIpc) is 3.25. The Morgan fingerprint density at radius 3 is 2.42 bits per heavy atom. The SMILES string of the molecule is CC(C)(C)OC(=O)[C@H]1[C@H]2Cc3cc(OCc4cc(B5OC(C)(C)C(C)(C)O5)c(F)cc4F)ncc3[C@@H]21. The first-order chi connectivity index (χ1) is 16.7. The van der Waals surface area contributed by atoms with Gasteiger partial charge in [0.15, 0.2) is 0 Å². The third kappa shape index (κ3) is 4.41. The molecule has 0 amide bonds. The molecule has 36 heavy (non-hydrogen) atoms. The Morgan fingerprint density at radius 2 is 1.78 bits per heavy atom. The van der Waals surface area contributed by atoms with Gasteiger partial charge in [0.2, 0.25) is 5.88 Å². The minimum Gasteiger partial charge on any atom is -0.473 e. The normalized spacial score (nSPS) is 25.4. The third-order valence-corrected chi connectivity index (χ3v) is 7.71. The van der Waals surface area contributed by atoms with Gasteiger partial charge in [0, 0.05) is 35.3 Å². The monoisotopic (exact) mass is 499 g/mol. The number of carbonyl (C=O) groups excluding carboxylic acids is 1. The zero-order chi connectivity index (χ0) is 26.2. The molecule has 3 atom stereocenters. The highest BCUT2D eigenvalue weighted by atomic mass is 19.1. The molecule has 2 aliphatic carbocycles. The van der Waals surface area contributed by atoms with E-state index in [0.717, 1.165) is 23.6 Å². The van der Waals surface area contributed by atoms with Crippen LogP contribution in [0.3, 0.4) is 0 Å². The Kier molecular flexibility index (Phi) is 5.76. The van der Waals surface area contributed by atoms with Gasteiger partial charge in [-0.1, -0.05) is 0 Å². The molecule has 0 spiro atoms. The summed E-state index contributed by atoms with van der Waals surface area (Å²) in [5.74, 6) is -1.01. The highest BCUT2D eigenvalue weighted by molar-refractivity contribution is 6.62. The molecule has 9 heteroatoms. The predicted octanol–water partition coefficient (Wildman–Crippen LogP) is 4.47. The lowest BCUT2D eigenvalue weighted by molar-refractivity contribution is -0.157. The van der Waals surface area contributed by atoms with Gasteiger partial charge >= 0.3 is 13.1 Å². The minimum atomic E-state index is -0.947. The molecule has 5 rings (SSSR count). The largest absolute Gasteiger partial charge is 0.497 e.